The first-order valence-corrected chi connectivity index (χ1v) is 17.8. The van der Waals surface area contributed by atoms with Gasteiger partial charge in [-0.2, -0.15) is 6.07 Å². The number of para-hydroxylation sites is 1. The van der Waals surface area contributed by atoms with E-state index in [9.17, 15) is 0 Å². The molecule has 0 bridgehead atoms. The SMILES string of the molecule is CC(C)(C)c1ccnc(-n2c3[c-]c(Oc4[c-]c5c(cc4)c4ncccc4n4c(-c6ccccc6)c(-c6ccccc6)nc54)ccc3c3ccccc32)c1.[Pd+2]. The molecule has 0 spiro atoms. The minimum atomic E-state index is -0.0226. The summed E-state index contributed by atoms with van der Waals surface area (Å²) in [7, 11) is 0. The molecule has 10 aromatic rings. The molecule has 6 nitrogen and oxygen atoms in total. The Hall–Kier alpha value is -6.13. The van der Waals surface area contributed by atoms with Crippen LogP contribution in [0.2, 0.25) is 0 Å². The number of rotatable bonds is 5. The number of hydrogen-bond donors (Lipinski definition) is 0. The average molecular weight is 790 g/mol. The molecule has 0 radical (unpaired) electrons. The van der Waals surface area contributed by atoms with E-state index in [1.54, 1.807) is 0 Å². The van der Waals surface area contributed by atoms with Gasteiger partial charge in [-0.1, -0.05) is 128 Å². The number of fused-ring (bicyclic) bond motifs is 9. The van der Waals surface area contributed by atoms with Crippen LogP contribution in [0.4, 0.5) is 0 Å². The van der Waals surface area contributed by atoms with E-state index in [0.717, 1.165) is 77.6 Å². The third kappa shape index (κ3) is 5.48. The number of nitrogens with zero attached hydrogens (tertiary/aromatic N) is 5. The average Bonchev–Trinajstić information content (AvgIpc) is 3.75. The molecule has 0 aliphatic carbocycles. The molecule has 5 aromatic heterocycles. The van der Waals surface area contributed by atoms with Gasteiger partial charge in [0.25, 0.3) is 0 Å². The smallest absolute Gasteiger partial charge is 0.503 e. The summed E-state index contributed by atoms with van der Waals surface area (Å²) in [5, 5.41) is 3.99. The number of pyridine rings is 3. The van der Waals surface area contributed by atoms with E-state index in [2.05, 4.69) is 133 Å². The molecule has 5 heterocycles. The number of imidazole rings is 1. The van der Waals surface area contributed by atoms with Gasteiger partial charge in [-0.3, -0.25) is 9.97 Å². The first-order valence-electron chi connectivity index (χ1n) is 17.8. The zero-order valence-electron chi connectivity index (χ0n) is 29.8. The van der Waals surface area contributed by atoms with Gasteiger partial charge in [0.05, 0.1) is 28.1 Å². The quantitative estimate of drug-likeness (QED) is 0.0990. The maximum Gasteiger partial charge on any atom is 2.00 e. The van der Waals surface area contributed by atoms with Crippen molar-refractivity contribution in [2.45, 2.75) is 26.2 Å². The largest absolute Gasteiger partial charge is 2.00 e. The fourth-order valence-electron chi connectivity index (χ4n) is 7.47. The van der Waals surface area contributed by atoms with Crippen molar-refractivity contribution in [3.8, 4) is 39.8 Å². The van der Waals surface area contributed by atoms with Crippen LogP contribution in [0.15, 0.2) is 146 Å². The molecule has 54 heavy (non-hydrogen) atoms. The van der Waals surface area contributed by atoms with E-state index in [1.807, 2.05) is 54.9 Å². The second-order valence-electron chi connectivity index (χ2n) is 14.4. The molecule has 0 amide bonds. The second-order valence-corrected chi connectivity index (χ2v) is 14.4. The number of benzene rings is 5. The van der Waals surface area contributed by atoms with Crippen molar-refractivity contribution >= 4 is 49.3 Å². The molecule has 0 atom stereocenters. The Labute approximate surface area is 326 Å². The van der Waals surface area contributed by atoms with Gasteiger partial charge in [-0.15, -0.1) is 23.6 Å². The van der Waals surface area contributed by atoms with Crippen molar-refractivity contribution in [1.82, 2.24) is 23.9 Å². The van der Waals surface area contributed by atoms with Gasteiger partial charge in [0.2, 0.25) is 0 Å². The summed E-state index contributed by atoms with van der Waals surface area (Å²) in [6.07, 6.45) is 3.73. The summed E-state index contributed by atoms with van der Waals surface area (Å²) >= 11 is 0. The van der Waals surface area contributed by atoms with Crippen molar-refractivity contribution in [3.05, 3.63) is 164 Å². The second kappa shape index (κ2) is 13.1. The van der Waals surface area contributed by atoms with Gasteiger partial charge in [0.1, 0.15) is 5.82 Å². The number of hydrogen-bond acceptors (Lipinski definition) is 4. The Morgan fingerprint density at radius 1 is 0.611 bits per heavy atom. The van der Waals surface area contributed by atoms with Crippen molar-refractivity contribution in [1.29, 1.82) is 0 Å². The summed E-state index contributed by atoms with van der Waals surface area (Å²) in [5.41, 5.74) is 9.78. The summed E-state index contributed by atoms with van der Waals surface area (Å²) in [4.78, 5) is 15.1. The van der Waals surface area contributed by atoms with Crippen molar-refractivity contribution < 1.29 is 25.2 Å². The summed E-state index contributed by atoms with van der Waals surface area (Å²) in [6.45, 7) is 6.66. The maximum atomic E-state index is 6.62. The molecule has 262 valence electrons. The fraction of sp³-hybridized carbons (Fsp3) is 0.0851. The Morgan fingerprint density at radius 3 is 2.07 bits per heavy atom. The molecule has 0 fully saturated rings. The van der Waals surface area contributed by atoms with Crippen LogP contribution in [0, 0.1) is 12.1 Å². The standard InChI is InChI=1S/C47H33N5O.Pd/c1-47(2,3)32-24-26-48-42(27-32)51-39-18-11-10-17-35(39)36-22-20-34(29-41(36)51)53-33-21-23-37-38(28-33)46-50-43(30-13-6-4-7-14-30)45(31-15-8-5-9-16-31)52(46)40-19-12-25-49-44(37)40;/h4-27H,1-3H3;/q-2;+2. The van der Waals surface area contributed by atoms with Crippen LogP contribution in [-0.2, 0) is 25.8 Å². The van der Waals surface area contributed by atoms with Crippen LogP contribution in [0.3, 0.4) is 0 Å². The first kappa shape index (κ1) is 33.7. The topological polar surface area (TPSA) is 57.2 Å². The minimum Gasteiger partial charge on any atom is -0.503 e. The summed E-state index contributed by atoms with van der Waals surface area (Å²) in [5.74, 6) is 1.99. The molecular formula is C47H33N5OPd. The predicted octanol–water partition coefficient (Wildman–Crippen LogP) is 11.5. The third-order valence-electron chi connectivity index (χ3n) is 10.0. The van der Waals surface area contributed by atoms with E-state index < -0.39 is 0 Å². The summed E-state index contributed by atoms with van der Waals surface area (Å²) < 4.78 is 11.0. The van der Waals surface area contributed by atoms with E-state index in [1.165, 1.54) is 5.56 Å². The van der Waals surface area contributed by atoms with Crippen LogP contribution in [0.5, 0.6) is 11.5 Å². The zero-order valence-corrected chi connectivity index (χ0v) is 31.4. The fourth-order valence-corrected chi connectivity index (χ4v) is 7.47. The Kier molecular flexibility index (Phi) is 8.15. The summed E-state index contributed by atoms with van der Waals surface area (Å²) in [6, 6.07) is 52.8. The molecule has 0 N–H and O–H groups in total. The molecule has 5 aromatic carbocycles. The first-order chi connectivity index (χ1) is 25.9. The van der Waals surface area contributed by atoms with Crippen LogP contribution in [0.25, 0.3) is 77.6 Å². The van der Waals surface area contributed by atoms with Gasteiger partial charge in [-0.05, 0) is 52.3 Å². The molecule has 0 saturated carbocycles. The molecule has 0 unspecified atom stereocenters. The normalized spacial score (nSPS) is 11.8. The molecule has 0 saturated heterocycles. The Morgan fingerprint density at radius 2 is 1.30 bits per heavy atom. The Bertz CT molecular complexity index is 3020. The zero-order chi connectivity index (χ0) is 35.7. The monoisotopic (exact) mass is 789 g/mol. The van der Waals surface area contributed by atoms with Crippen molar-refractivity contribution in [2.75, 3.05) is 0 Å². The predicted molar refractivity (Wildman–Crippen MR) is 214 cm³/mol. The molecule has 0 aliphatic heterocycles. The number of ether oxygens (including phenoxy) is 1. The van der Waals surface area contributed by atoms with E-state index in [-0.39, 0.29) is 25.8 Å². The van der Waals surface area contributed by atoms with E-state index in [4.69, 9.17) is 19.7 Å². The third-order valence-corrected chi connectivity index (χ3v) is 10.0. The van der Waals surface area contributed by atoms with Crippen LogP contribution in [0.1, 0.15) is 26.3 Å². The van der Waals surface area contributed by atoms with Crippen molar-refractivity contribution in [3.63, 3.8) is 0 Å². The molecule has 0 aliphatic rings. The van der Waals surface area contributed by atoms with Gasteiger partial charge in [0, 0.05) is 35.0 Å². The van der Waals surface area contributed by atoms with Crippen molar-refractivity contribution in [2.24, 2.45) is 0 Å². The van der Waals surface area contributed by atoms with Gasteiger partial charge in [-0.25, -0.2) is 4.98 Å². The molecule has 10 rings (SSSR count). The van der Waals surface area contributed by atoms with Gasteiger partial charge < -0.3 is 13.7 Å². The van der Waals surface area contributed by atoms with Gasteiger partial charge >= 0.3 is 20.4 Å². The van der Waals surface area contributed by atoms with E-state index >= 15 is 0 Å². The van der Waals surface area contributed by atoms with Crippen LogP contribution >= 0.6 is 0 Å². The van der Waals surface area contributed by atoms with E-state index in [0.29, 0.717) is 11.5 Å². The Balaban J connectivity index is 0.00000384. The van der Waals surface area contributed by atoms with Gasteiger partial charge in [0.15, 0.2) is 0 Å². The molecular weight excluding hydrogens is 757 g/mol. The maximum absolute atomic E-state index is 6.62. The minimum absolute atomic E-state index is 0. The van der Waals surface area contributed by atoms with Crippen LogP contribution < -0.4 is 4.74 Å². The van der Waals surface area contributed by atoms with Crippen LogP contribution in [-0.4, -0.2) is 23.9 Å². The molecule has 7 heteroatoms. The number of aromatic nitrogens is 5.